The van der Waals surface area contributed by atoms with Gasteiger partial charge in [0.1, 0.15) is 12.3 Å². The van der Waals surface area contributed by atoms with Gasteiger partial charge in [-0.15, -0.1) is 0 Å². The molecule has 0 spiro atoms. The highest BCUT2D eigenvalue weighted by Crippen LogP contribution is 2.31. The van der Waals surface area contributed by atoms with E-state index in [9.17, 15) is 13.2 Å². The van der Waals surface area contributed by atoms with Crippen LogP contribution in [0.2, 0.25) is 0 Å². The van der Waals surface area contributed by atoms with E-state index in [-0.39, 0.29) is 22.8 Å². The Labute approximate surface area is 198 Å². The van der Waals surface area contributed by atoms with Crippen LogP contribution in [-0.4, -0.2) is 46.0 Å². The topological polar surface area (TPSA) is 66.9 Å². The van der Waals surface area contributed by atoms with Crippen molar-refractivity contribution in [3.8, 4) is 5.75 Å². The smallest absolute Gasteiger partial charge is 0.264 e. The molecule has 0 atom stereocenters. The van der Waals surface area contributed by atoms with Crippen LogP contribution in [0.3, 0.4) is 0 Å². The van der Waals surface area contributed by atoms with Gasteiger partial charge in [0.05, 0.1) is 17.7 Å². The maximum absolute atomic E-state index is 13.7. The summed E-state index contributed by atoms with van der Waals surface area (Å²) in [6, 6.07) is 13.7. The summed E-state index contributed by atoms with van der Waals surface area (Å²) in [5, 5.41) is 0. The molecule has 0 radical (unpaired) electrons. The maximum atomic E-state index is 13.7. The predicted octanol–water partition coefficient (Wildman–Crippen LogP) is 4.84. The summed E-state index contributed by atoms with van der Waals surface area (Å²) in [5.41, 5.74) is 1.40. The molecule has 0 bridgehead atoms. The maximum Gasteiger partial charge on any atom is 0.264 e. The van der Waals surface area contributed by atoms with Crippen LogP contribution < -0.4 is 9.04 Å². The van der Waals surface area contributed by atoms with Crippen molar-refractivity contribution >= 4 is 21.6 Å². The van der Waals surface area contributed by atoms with Gasteiger partial charge in [0.15, 0.2) is 0 Å². The molecule has 7 heteroatoms. The van der Waals surface area contributed by atoms with E-state index in [1.807, 2.05) is 24.0 Å². The summed E-state index contributed by atoms with van der Waals surface area (Å²) >= 11 is 0. The monoisotopic (exact) mass is 472 g/mol. The molecule has 180 valence electrons. The van der Waals surface area contributed by atoms with E-state index in [1.165, 1.54) is 4.31 Å². The van der Waals surface area contributed by atoms with E-state index >= 15 is 0 Å². The molecule has 0 aliphatic heterocycles. The number of hydrogen-bond acceptors (Lipinski definition) is 4. The lowest BCUT2D eigenvalue weighted by Gasteiger charge is -2.29. The largest absolute Gasteiger partial charge is 0.497 e. The average molecular weight is 473 g/mol. The Morgan fingerprint density at radius 1 is 1.03 bits per heavy atom. The third-order valence-corrected chi connectivity index (χ3v) is 7.76. The number of methoxy groups -OCH3 is 1. The lowest BCUT2D eigenvalue weighted by Crippen LogP contribution is -2.44. The minimum absolute atomic E-state index is 0.0859. The summed E-state index contributed by atoms with van der Waals surface area (Å²) in [6.45, 7) is 9.38. The third-order valence-electron chi connectivity index (χ3n) is 5.97. The summed E-state index contributed by atoms with van der Waals surface area (Å²) in [4.78, 5) is 15.2. The molecule has 0 unspecified atom stereocenters. The first-order valence-corrected chi connectivity index (χ1v) is 13.1. The Bertz CT molecular complexity index is 1040. The van der Waals surface area contributed by atoms with Crippen LogP contribution in [0.25, 0.3) is 0 Å². The zero-order valence-electron chi connectivity index (χ0n) is 20.4. The lowest BCUT2D eigenvalue weighted by molar-refractivity contribution is -0.129. The first kappa shape index (κ1) is 25.1. The van der Waals surface area contributed by atoms with Crippen LogP contribution in [0.4, 0.5) is 5.69 Å². The molecule has 1 aliphatic carbocycles. The van der Waals surface area contributed by atoms with Crippen molar-refractivity contribution < 1.29 is 17.9 Å². The number of amides is 1. The minimum atomic E-state index is -3.95. The Balaban J connectivity index is 1.95. The molecule has 3 rings (SSSR count). The first-order chi connectivity index (χ1) is 15.6. The summed E-state index contributed by atoms with van der Waals surface area (Å²) in [6.07, 6.45) is 3.10. The van der Waals surface area contributed by atoms with Gasteiger partial charge in [-0.1, -0.05) is 39.8 Å². The van der Waals surface area contributed by atoms with E-state index in [0.29, 0.717) is 30.4 Å². The molecule has 33 heavy (non-hydrogen) atoms. The van der Waals surface area contributed by atoms with Crippen molar-refractivity contribution in [3.63, 3.8) is 0 Å². The number of hydrogen-bond donors (Lipinski definition) is 0. The fraction of sp³-hybridized carbons (Fsp3) is 0.500. The molecule has 2 aromatic carbocycles. The Morgan fingerprint density at radius 2 is 1.64 bits per heavy atom. The second-order valence-corrected chi connectivity index (χ2v) is 11.6. The van der Waals surface area contributed by atoms with Crippen molar-refractivity contribution in [2.45, 2.75) is 57.3 Å². The van der Waals surface area contributed by atoms with Crippen molar-refractivity contribution in [3.05, 3.63) is 54.1 Å². The molecule has 0 heterocycles. The van der Waals surface area contributed by atoms with Crippen LogP contribution in [0.5, 0.6) is 5.75 Å². The summed E-state index contributed by atoms with van der Waals surface area (Å²) in [5.74, 6) is 0.990. The standard InChI is InChI=1S/C26H36N2O4S/c1-6-17-27(18-20-7-8-20)25(29)19-28(22-11-13-23(32-5)14-12-22)33(30,31)24-15-9-21(10-16-24)26(2,3)4/h9-16,20H,6-8,17-19H2,1-5H3. The number of carbonyl (C=O) groups excluding carboxylic acids is 1. The van der Waals surface area contributed by atoms with Gasteiger partial charge in [-0.05, 0) is 72.6 Å². The highest BCUT2D eigenvalue weighted by Gasteiger charge is 2.31. The lowest BCUT2D eigenvalue weighted by atomic mass is 9.87. The fourth-order valence-corrected chi connectivity index (χ4v) is 5.15. The predicted molar refractivity (Wildman–Crippen MR) is 132 cm³/mol. The molecular formula is C26H36N2O4S. The molecule has 1 fully saturated rings. The van der Waals surface area contributed by atoms with Gasteiger partial charge < -0.3 is 9.64 Å². The van der Waals surface area contributed by atoms with E-state index in [2.05, 4.69) is 20.8 Å². The summed E-state index contributed by atoms with van der Waals surface area (Å²) < 4.78 is 33.9. The SMILES string of the molecule is CCCN(CC1CC1)C(=O)CN(c1ccc(OC)cc1)S(=O)(=O)c1ccc(C(C)(C)C)cc1. The molecule has 6 nitrogen and oxygen atoms in total. The molecule has 0 N–H and O–H groups in total. The van der Waals surface area contributed by atoms with Crippen molar-refractivity contribution in [1.82, 2.24) is 4.90 Å². The molecule has 1 amide bonds. The molecular weight excluding hydrogens is 436 g/mol. The number of carbonyl (C=O) groups is 1. The second-order valence-electron chi connectivity index (χ2n) is 9.77. The molecule has 2 aromatic rings. The van der Waals surface area contributed by atoms with Gasteiger partial charge in [-0.25, -0.2) is 8.42 Å². The van der Waals surface area contributed by atoms with Gasteiger partial charge in [0, 0.05) is 13.1 Å². The van der Waals surface area contributed by atoms with Crippen molar-refractivity contribution in [2.24, 2.45) is 5.92 Å². The van der Waals surface area contributed by atoms with Gasteiger partial charge in [0.2, 0.25) is 5.91 Å². The van der Waals surface area contributed by atoms with Gasteiger partial charge in [-0.3, -0.25) is 9.10 Å². The third kappa shape index (κ3) is 6.28. The number of sulfonamides is 1. The Hall–Kier alpha value is -2.54. The van der Waals surface area contributed by atoms with Crippen molar-refractivity contribution in [1.29, 1.82) is 0 Å². The van der Waals surface area contributed by atoms with E-state index < -0.39 is 10.0 Å². The molecule has 1 aliphatic rings. The van der Waals surface area contributed by atoms with Crippen LogP contribution in [0.15, 0.2) is 53.4 Å². The zero-order chi connectivity index (χ0) is 24.2. The number of benzene rings is 2. The number of anilines is 1. The van der Waals surface area contributed by atoms with E-state index in [1.54, 1.807) is 43.5 Å². The van der Waals surface area contributed by atoms with Gasteiger partial charge in [-0.2, -0.15) is 0 Å². The van der Waals surface area contributed by atoms with Crippen LogP contribution in [0, 0.1) is 5.92 Å². The van der Waals surface area contributed by atoms with Gasteiger partial charge >= 0.3 is 0 Å². The second kappa shape index (κ2) is 10.2. The van der Waals surface area contributed by atoms with E-state index in [0.717, 1.165) is 24.8 Å². The van der Waals surface area contributed by atoms with Crippen LogP contribution in [-0.2, 0) is 20.2 Å². The number of ether oxygens (including phenoxy) is 1. The Kier molecular flexibility index (Phi) is 7.73. The molecule has 1 saturated carbocycles. The highest BCUT2D eigenvalue weighted by atomic mass is 32.2. The quantitative estimate of drug-likeness (QED) is 0.496. The number of nitrogens with zero attached hydrogens (tertiary/aromatic N) is 2. The average Bonchev–Trinajstić information content (AvgIpc) is 3.60. The number of rotatable bonds is 10. The zero-order valence-corrected chi connectivity index (χ0v) is 21.2. The van der Waals surface area contributed by atoms with Gasteiger partial charge in [0.25, 0.3) is 10.0 Å². The van der Waals surface area contributed by atoms with Crippen LogP contribution >= 0.6 is 0 Å². The Morgan fingerprint density at radius 3 is 2.12 bits per heavy atom. The van der Waals surface area contributed by atoms with Crippen LogP contribution in [0.1, 0.15) is 52.5 Å². The highest BCUT2D eigenvalue weighted by molar-refractivity contribution is 7.92. The minimum Gasteiger partial charge on any atom is -0.497 e. The summed E-state index contributed by atoms with van der Waals surface area (Å²) in [7, 11) is -2.39. The normalized spacial score (nSPS) is 14.1. The molecule has 0 saturated heterocycles. The molecule has 0 aromatic heterocycles. The van der Waals surface area contributed by atoms with E-state index in [4.69, 9.17) is 4.74 Å². The van der Waals surface area contributed by atoms with Crippen molar-refractivity contribution in [2.75, 3.05) is 31.0 Å². The first-order valence-electron chi connectivity index (χ1n) is 11.6. The fourth-order valence-electron chi connectivity index (χ4n) is 3.74.